The molecule has 9 nitrogen and oxygen atoms in total. The fraction of sp³-hybridized carbons (Fsp3) is 0.467. The van der Waals surface area contributed by atoms with E-state index in [0.717, 1.165) is 11.9 Å². The Hall–Kier alpha value is -2.98. The van der Waals surface area contributed by atoms with Gasteiger partial charge in [-0.25, -0.2) is 9.48 Å². The van der Waals surface area contributed by atoms with Crippen molar-refractivity contribution in [1.82, 2.24) is 34.7 Å². The zero-order valence-electron chi connectivity index (χ0n) is 14.4. The number of alkyl halides is 2. The molecule has 1 aliphatic heterocycles. The van der Waals surface area contributed by atoms with Crippen molar-refractivity contribution < 1.29 is 18.4 Å². The minimum absolute atomic E-state index is 0.0677. The average Bonchev–Trinajstić information content (AvgIpc) is 3.24. The van der Waals surface area contributed by atoms with Crippen LogP contribution in [0.3, 0.4) is 0 Å². The van der Waals surface area contributed by atoms with Gasteiger partial charge in [0.1, 0.15) is 5.69 Å². The highest BCUT2D eigenvalue weighted by molar-refractivity contribution is 5.92. The second-order valence-corrected chi connectivity index (χ2v) is 6.09. The molecular weight excluding hydrogens is 348 g/mol. The highest BCUT2D eigenvalue weighted by Crippen LogP contribution is 2.15. The van der Waals surface area contributed by atoms with Crippen LogP contribution in [0.4, 0.5) is 13.6 Å². The molecule has 26 heavy (non-hydrogen) atoms. The zero-order valence-corrected chi connectivity index (χ0v) is 14.4. The summed E-state index contributed by atoms with van der Waals surface area (Å²) in [5.41, 5.74) is 1.41. The highest BCUT2D eigenvalue weighted by atomic mass is 19.3. The predicted molar refractivity (Wildman–Crippen MR) is 86.4 cm³/mol. The fourth-order valence-electron chi connectivity index (χ4n) is 2.69. The van der Waals surface area contributed by atoms with E-state index in [1.807, 2.05) is 6.07 Å². The number of aromatic nitrogens is 4. The minimum atomic E-state index is -2.79. The molecule has 3 heterocycles. The number of nitrogens with one attached hydrogen (secondary N) is 1. The van der Waals surface area contributed by atoms with E-state index < -0.39 is 12.5 Å². The van der Waals surface area contributed by atoms with E-state index >= 15 is 0 Å². The smallest absolute Gasteiger partial charge is 0.333 e. The quantitative estimate of drug-likeness (QED) is 0.870. The first-order valence-electron chi connectivity index (χ1n) is 7.98. The molecule has 0 bridgehead atoms. The molecule has 0 unspecified atom stereocenters. The van der Waals surface area contributed by atoms with Gasteiger partial charge < -0.3 is 15.1 Å². The second-order valence-electron chi connectivity index (χ2n) is 6.09. The number of halogens is 2. The lowest BCUT2D eigenvalue weighted by Crippen LogP contribution is -2.43. The van der Waals surface area contributed by atoms with Crippen LogP contribution in [0.2, 0.25) is 0 Å². The average molecular weight is 367 g/mol. The molecule has 1 aliphatic rings. The van der Waals surface area contributed by atoms with Gasteiger partial charge in [0.05, 0.1) is 31.0 Å². The summed E-state index contributed by atoms with van der Waals surface area (Å²) in [6, 6.07) is 2.97. The number of nitrogens with zero attached hydrogens (tertiary/aromatic N) is 6. The van der Waals surface area contributed by atoms with Gasteiger partial charge in [0.2, 0.25) is 0 Å². The topological polar surface area (TPSA) is 88.3 Å². The fourth-order valence-corrected chi connectivity index (χ4v) is 2.69. The standard InChI is InChI=1S/C15H19F2N7O2/c1-21(2)15(26)22-5-6-23-11(9-22)7-10(19-23)8-18-13(25)12-3-4-24(20-12)14(16)17/h3-4,7,14H,5-6,8-9H2,1-2H3,(H,18,25). The summed E-state index contributed by atoms with van der Waals surface area (Å²) < 4.78 is 27.2. The summed E-state index contributed by atoms with van der Waals surface area (Å²) in [6.07, 6.45) is 1.05. The third-order valence-corrected chi connectivity index (χ3v) is 3.97. The van der Waals surface area contributed by atoms with Crippen molar-refractivity contribution in [2.24, 2.45) is 0 Å². The number of urea groups is 1. The van der Waals surface area contributed by atoms with E-state index in [9.17, 15) is 18.4 Å². The van der Waals surface area contributed by atoms with Gasteiger partial charge in [0.15, 0.2) is 0 Å². The second kappa shape index (κ2) is 7.10. The van der Waals surface area contributed by atoms with E-state index in [1.54, 1.807) is 23.7 Å². The maximum Gasteiger partial charge on any atom is 0.333 e. The van der Waals surface area contributed by atoms with Gasteiger partial charge in [-0.05, 0) is 12.1 Å². The van der Waals surface area contributed by atoms with Crippen LogP contribution in [0.5, 0.6) is 0 Å². The summed E-state index contributed by atoms with van der Waals surface area (Å²) in [4.78, 5) is 27.3. The zero-order chi connectivity index (χ0) is 18.8. The van der Waals surface area contributed by atoms with E-state index in [4.69, 9.17) is 0 Å². The molecule has 11 heteroatoms. The van der Waals surface area contributed by atoms with Crippen LogP contribution < -0.4 is 5.32 Å². The first-order valence-corrected chi connectivity index (χ1v) is 7.98. The number of hydrogen-bond donors (Lipinski definition) is 1. The first kappa shape index (κ1) is 17.8. The molecule has 0 fully saturated rings. The van der Waals surface area contributed by atoms with Gasteiger partial charge in [-0.1, -0.05) is 0 Å². The number of carbonyl (C=O) groups excluding carboxylic acids is 2. The normalized spacial score (nSPS) is 13.7. The minimum Gasteiger partial charge on any atom is -0.345 e. The molecule has 3 rings (SSSR count). The van der Waals surface area contributed by atoms with Crippen molar-refractivity contribution in [3.63, 3.8) is 0 Å². The van der Waals surface area contributed by atoms with E-state index in [1.165, 1.54) is 11.0 Å². The molecule has 3 amide bonds. The van der Waals surface area contributed by atoms with Crippen LogP contribution in [-0.2, 0) is 19.6 Å². The third kappa shape index (κ3) is 3.65. The molecule has 2 aromatic rings. The molecule has 0 radical (unpaired) electrons. The summed E-state index contributed by atoms with van der Waals surface area (Å²) in [7, 11) is 3.40. The van der Waals surface area contributed by atoms with Crippen molar-refractivity contribution in [3.05, 3.63) is 35.4 Å². The van der Waals surface area contributed by atoms with Crippen molar-refractivity contribution in [2.75, 3.05) is 20.6 Å². The largest absolute Gasteiger partial charge is 0.345 e. The number of fused-ring (bicyclic) bond motifs is 1. The summed E-state index contributed by atoms with van der Waals surface area (Å²) in [5.74, 6) is -0.556. The van der Waals surface area contributed by atoms with Crippen LogP contribution in [0.15, 0.2) is 18.3 Å². The Kier molecular flexibility index (Phi) is 4.87. The monoisotopic (exact) mass is 367 g/mol. The summed E-state index contributed by atoms with van der Waals surface area (Å²) in [6.45, 7) is -1.08. The van der Waals surface area contributed by atoms with Crippen molar-refractivity contribution in [3.8, 4) is 0 Å². The van der Waals surface area contributed by atoms with Crippen LogP contribution >= 0.6 is 0 Å². The number of carbonyl (C=O) groups is 2. The lowest BCUT2D eigenvalue weighted by atomic mass is 10.3. The van der Waals surface area contributed by atoms with Gasteiger partial charge in [-0.15, -0.1) is 0 Å². The van der Waals surface area contributed by atoms with E-state index in [-0.39, 0.29) is 18.3 Å². The van der Waals surface area contributed by atoms with Gasteiger partial charge in [0, 0.05) is 26.8 Å². The molecule has 0 aromatic carbocycles. The van der Waals surface area contributed by atoms with E-state index in [0.29, 0.717) is 30.0 Å². The van der Waals surface area contributed by atoms with Gasteiger partial charge in [-0.3, -0.25) is 9.48 Å². The van der Waals surface area contributed by atoms with Crippen LogP contribution in [0.1, 0.15) is 28.4 Å². The molecule has 2 aromatic heterocycles. The van der Waals surface area contributed by atoms with Crippen LogP contribution in [-0.4, -0.2) is 61.9 Å². The van der Waals surface area contributed by atoms with Gasteiger partial charge in [0.25, 0.3) is 5.91 Å². The summed E-state index contributed by atoms with van der Waals surface area (Å²) >= 11 is 0. The predicted octanol–water partition coefficient (Wildman–Crippen LogP) is 0.902. The maximum atomic E-state index is 12.5. The Morgan fingerprint density at radius 1 is 1.31 bits per heavy atom. The lowest BCUT2D eigenvalue weighted by Gasteiger charge is -2.29. The lowest BCUT2D eigenvalue weighted by molar-refractivity contribution is 0.0560. The SMILES string of the molecule is CN(C)C(=O)N1CCn2nc(CNC(=O)c3ccn(C(F)F)n3)cc2C1. The molecule has 1 N–H and O–H groups in total. The Balaban J connectivity index is 1.60. The number of hydrogen-bond acceptors (Lipinski definition) is 4. The summed E-state index contributed by atoms with van der Waals surface area (Å²) in [5, 5.41) is 10.5. The molecule has 0 atom stereocenters. The Labute approximate surface area is 148 Å². The molecule has 140 valence electrons. The van der Waals surface area contributed by atoms with Crippen LogP contribution in [0, 0.1) is 0 Å². The molecule has 0 saturated carbocycles. The molecule has 0 spiro atoms. The number of amides is 3. The maximum absolute atomic E-state index is 12.5. The highest BCUT2D eigenvalue weighted by Gasteiger charge is 2.23. The number of rotatable bonds is 4. The van der Waals surface area contributed by atoms with Gasteiger partial charge >= 0.3 is 12.6 Å². The Morgan fingerprint density at radius 3 is 2.73 bits per heavy atom. The van der Waals surface area contributed by atoms with Crippen molar-refractivity contribution >= 4 is 11.9 Å². The Bertz CT molecular complexity index is 815. The van der Waals surface area contributed by atoms with E-state index in [2.05, 4.69) is 15.5 Å². The van der Waals surface area contributed by atoms with Crippen molar-refractivity contribution in [2.45, 2.75) is 26.2 Å². The van der Waals surface area contributed by atoms with Crippen LogP contribution in [0.25, 0.3) is 0 Å². The first-order chi connectivity index (χ1) is 12.3. The molecule has 0 saturated heterocycles. The molecular formula is C15H19F2N7O2. The third-order valence-electron chi connectivity index (χ3n) is 3.97. The van der Waals surface area contributed by atoms with Gasteiger partial charge in [-0.2, -0.15) is 19.0 Å². The van der Waals surface area contributed by atoms with Crippen molar-refractivity contribution in [1.29, 1.82) is 0 Å². The Morgan fingerprint density at radius 2 is 2.08 bits per heavy atom. The molecule has 0 aliphatic carbocycles.